The SMILES string of the molecule is CC(O)(CO)CNC(=O)COc1cc(Cl)ccc1Cl. The van der Waals surface area contributed by atoms with Gasteiger partial charge in [-0.3, -0.25) is 4.79 Å². The molecule has 0 heterocycles. The topological polar surface area (TPSA) is 78.8 Å². The average molecular weight is 308 g/mol. The number of halogens is 2. The molecule has 1 aromatic rings. The molecule has 1 atom stereocenters. The number of hydrogen-bond acceptors (Lipinski definition) is 4. The minimum atomic E-state index is -1.36. The van der Waals surface area contributed by atoms with Crippen molar-refractivity contribution in [2.75, 3.05) is 19.8 Å². The minimum Gasteiger partial charge on any atom is -0.482 e. The lowest BCUT2D eigenvalue weighted by Gasteiger charge is -2.20. The van der Waals surface area contributed by atoms with Gasteiger partial charge in [0.2, 0.25) is 0 Å². The van der Waals surface area contributed by atoms with Crippen LogP contribution in [-0.2, 0) is 4.79 Å². The number of ether oxygens (including phenoxy) is 1. The van der Waals surface area contributed by atoms with E-state index in [1.807, 2.05) is 0 Å². The largest absolute Gasteiger partial charge is 0.482 e. The van der Waals surface area contributed by atoms with E-state index in [1.165, 1.54) is 13.0 Å². The number of carbonyl (C=O) groups is 1. The Labute approximate surface area is 121 Å². The maximum Gasteiger partial charge on any atom is 0.258 e. The average Bonchev–Trinajstić information content (AvgIpc) is 2.37. The number of benzene rings is 1. The molecule has 0 saturated carbocycles. The predicted octanol–water partition coefficient (Wildman–Crippen LogP) is 1.23. The third-order valence-electron chi connectivity index (χ3n) is 2.26. The molecule has 1 rings (SSSR count). The fraction of sp³-hybridized carbons (Fsp3) is 0.417. The van der Waals surface area contributed by atoms with Crippen molar-refractivity contribution < 1.29 is 19.7 Å². The highest BCUT2D eigenvalue weighted by Crippen LogP contribution is 2.27. The minimum absolute atomic E-state index is 0.0744. The van der Waals surface area contributed by atoms with Crippen LogP contribution in [0.5, 0.6) is 5.75 Å². The molecule has 0 aromatic heterocycles. The monoisotopic (exact) mass is 307 g/mol. The molecule has 0 spiro atoms. The maximum absolute atomic E-state index is 11.5. The van der Waals surface area contributed by atoms with Gasteiger partial charge in [-0.2, -0.15) is 0 Å². The highest BCUT2D eigenvalue weighted by molar-refractivity contribution is 6.34. The summed E-state index contributed by atoms with van der Waals surface area (Å²) in [7, 11) is 0. The van der Waals surface area contributed by atoms with Crippen molar-refractivity contribution in [3.8, 4) is 5.75 Å². The lowest BCUT2D eigenvalue weighted by molar-refractivity contribution is -0.124. The van der Waals surface area contributed by atoms with Crippen molar-refractivity contribution in [2.24, 2.45) is 0 Å². The molecule has 3 N–H and O–H groups in total. The number of aliphatic hydroxyl groups excluding tert-OH is 1. The Bertz CT molecular complexity index is 451. The Kier molecular flexibility index (Phi) is 5.87. The van der Waals surface area contributed by atoms with Crippen molar-refractivity contribution in [1.82, 2.24) is 5.32 Å². The molecule has 0 saturated heterocycles. The Hall–Kier alpha value is -1.01. The Morgan fingerprint density at radius 3 is 2.79 bits per heavy atom. The van der Waals surface area contributed by atoms with E-state index in [0.717, 1.165) is 0 Å². The molecule has 1 unspecified atom stereocenters. The second-order valence-electron chi connectivity index (χ2n) is 4.30. The molecular weight excluding hydrogens is 293 g/mol. The van der Waals surface area contributed by atoms with Crippen molar-refractivity contribution in [2.45, 2.75) is 12.5 Å². The van der Waals surface area contributed by atoms with Crippen LogP contribution in [0.4, 0.5) is 0 Å². The van der Waals surface area contributed by atoms with Crippen LogP contribution in [0.3, 0.4) is 0 Å². The van der Waals surface area contributed by atoms with E-state index in [0.29, 0.717) is 15.8 Å². The van der Waals surface area contributed by atoms with Gasteiger partial charge < -0.3 is 20.3 Å². The molecule has 1 aromatic carbocycles. The number of hydrogen-bond donors (Lipinski definition) is 3. The van der Waals surface area contributed by atoms with Crippen LogP contribution in [0.1, 0.15) is 6.92 Å². The van der Waals surface area contributed by atoms with E-state index >= 15 is 0 Å². The molecular formula is C12H15Cl2NO4. The first kappa shape index (κ1) is 16.0. The van der Waals surface area contributed by atoms with Gasteiger partial charge in [0.25, 0.3) is 5.91 Å². The summed E-state index contributed by atoms with van der Waals surface area (Å²) >= 11 is 11.6. The van der Waals surface area contributed by atoms with Crippen LogP contribution in [0.25, 0.3) is 0 Å². The molecule has 106 valence electrons. The summed E-state index contributed by atoms with van der Waals surface area (Å²) in [6.45, 7) is 0.618. The van der Waals surface area contributed by atoms with Crippen molar-refractivity contribution >= 4 is 29.1 Å². The number of rotatable bonds is 6. The van der Waals surface area contributed by atoms with Crippen LogP contribution in [0, 0.1) is 0 Å². The summed E-state index contributed by atoms with van der Waals surface area (Å²) in [4.78, 5) is 11.5. The molecule has 5 nitrogen and oxygen atoms in total. The van der Waals surface area contributed by atoms with Gasteiger partial charge in [-0.15, -0.1) is 0 Å². The first-order valence-electron chi connectivity index (χ1n) is 5.52. The van der Waals surface area contributed by atoms with Crippen molar-refractivity contribution in [3.05, 3.63) is 28.2 Å². The molecule has 1 amide bonds. The quantitative estimate of drug-likeness (QED) is 0.738. The zero-order chi connectivity index (χ0) is 14.5. The zero-order valence-corrected chi connectivity index (χ0v) is 11.8. The highest BCUT2D eigenvalue weighted by atomic mass is 35.5. The van der Waals surface area contributed by atoms with Crippen molar-refractivity contribution in [3.63, 3.8) is 0 Å². The molecule has 0 aliphatic carbocycles. The predicted molar refractivity (Wildman–Crippen MR) is 72.7 cm³/mol. The second kappa shape index (κ2) is 6.96. The molecule has 0 bridgehead atoms. The summed E-state index contributed by atoms with van der Waals surface area (Å²) in [6.07, 6.45) is 0. The fourth-order valence-corrected chi connectivity index (χ4v) is 1.46. The maximum atomic E-state index is 11.5. The van der Waals surface area contributed by atoms with Crippen LogP contribution in [0.15, 0.2) is 18.2 Å². The van der Waals surface area contributed by atoms with Gasteiger partial charge in [0.15, 0.2) is 6.61 Å². The van der Waals surface area contributed by atoms with E-state index in [4.69, 9.17) is 33.0 Å². The fourth-order valence-electron chi connectivity index (χ4n) is 1.13. The first-order chi connectivity index (χ1) is 8.84. The van der Waals surface area contributed by atoms with Gasteiger partial charge in [0.05, 0.1) is 11.6 Å². The molecule has 0 fully saturated rings. The van der Waals surface area contributed by atoms with Crippen LogP contribution in [0.2, 0.25) is 10.0 Å². The zero-order valence-electron chi connectivity index (χ0n) is 10.3. The van der Waals surface area contributed by atoms with E-state index in [9.17, 15) is 9.90 Å². The summed E-state index contributed by atoms with van der Waals surface area (Å²) in [5.74, 6) is -0.136. The normalized spacial score (nSPS) is 13.7. The van der Waals surface area contributed by atoms with Gasteiger partial charge >= 0.3 is 0 Å². The number of aliphatic hydroxyl groups is 2. The number of amides is 1. The third-order valence-corrected chi connectivity index (χ3v) is 2.81. The lowest BCUT2D eigenvalue weighted by atomic mass is 10.1. The van der Waals surface area contributed by atoms with Gasteiger partial charge in [0.1, 0.15) is 11.4 Å². The standard InChI is InChI=1S/C12H15Cl2NO4/c1-12(18,7-16)6-15-11(17)5-19-10-4-8(13)2-3-9(10)14/h2-4,16,18H,5-7H2,1H3,(H,15,17). The molecule has 0 radical (unpaired) electrons. The van der Waals surface area contributed by atoms with Crippen molar-refractivity contribution in [1.29, 1.82) is 0 Å². The smallest absolute Gasteiger partial charge is 0.258 e. The van der Waals surface area contributed by atoms with Gasteiger partial charge in [0, 0.05) is 17.6 Å². The number of nitrogens with one attached hydrogen (secondary N) is 1. The van der Waals surface area contributed by atoms with Crippen LogP contribution < -0.4 is 10.1 Å². The Balaban J connectivity index is 2.44. The first-order valence-corrected chi connectivity index (χ1v) is 6.27. The van der Waals surface area contributed by atoms with E-state index in [1.54, 1.807) is 12.1 Å². The van der Waals surface area contributed by atoms with E-state index < -0.39 is 18.1 Å². The number of carbonyl (C=O) groups excluding carboxylic acids is 1. The molecule has 19 heavy (non-hydrogen) atoms. The molecule has 0 aliphatic heterocycles. The van der Waals surface area contributed by atoms with E-state index in [-0.39, 0.29) is 13.2 Å². The highest BCUT2D eigenvalue weighted by Gasteiger charge is 2.19. The summed E-state index contributed by atoms with van der Waals surface area (Å²) in [6, 6.07) is 4.67. The van der Waals surface area contributed by atoms with E-state index in [2.05, 4.69) is 5.32 Å². The summed E-state index contributed by atoms with van der Waals surface area (Å²) in [5, 5.41) is 21.5. The summed E-state index contributed by atoms with van der Waals surface area (Å²) in [5.41, 5.74) is -1.36. The molecule has 0 aliphatic rings. The lowest BCUT2D eigenvalue weighted by Crippen LogP contribution is -2.44. The van der Waals surface area contributed by atoms with Gasteiger partial charge in [-0.1, -0.05) is 23.2 Å². The van der Waals surface area contributed by atoms with Gasteiger partial charge in [-0.25, -0.2) is 0 Å². The Morgan fingerprint density at radius 2 is 2.16 bits per heavy atom. The second-order valence-corrected chi connectivity index (χ2v) is 5.14. The van der Waals surface area contributed by atoms with Gasteiger partial charge in [-0.05, 0) is 19.1 Å². The van der Waals surface area contributed by atoms with Crippen LogP contribution in [-0.4, -0.2) is 41.5 Å². The summed E-state index contributed by atoms with van der Waals surface area (Å²) < 4.78 is 5.21. The molecule has 7 heteroatoms. The third kappa shape index (κ3) is 5.65. The van der Waals surface area contributed by atoms with Crippen LogP contribution >= 0.6 is 23.2 Å². The Morgan fingerprint density at radius 1 is 1.47 bits per heavy atom.